The van der Waals surface area contributed by atoms with Crippen LogP contribution in [-0.4, -0.2) is 47.5 Å². The Labute approximate surface area is 161 Å². The van der Waals surface area contributed by atoms with Gasteiger partial charge in [-0.2, -0.15) is 0 Å². The van der Waals surface area contributed by atoms with Gasteiger partial charge < -0.3 is 14.4 Å². The van der Waals surface area contributed by atoms with E-state index in [0.717, 1.165) is 17.8 Å². The molecule has 26 heavy (non-hydrogen) atoms. The Morgan fingerprint density at radius 1 is 1.38 bits per heavy atom. The first-order valence-corrected chi connectivity index (χ1v) is 9.62. The van der Waals surface area contributed by atoms with Gasteiger partial charge in [-0.05, 0) is 37.3 Å². The van der Waals surface area contributed by atoms with Crippen molar-refractivity contribution in [3.05, 3.63) is 23.5 Å². The Kier molecular flexibility index (Phi) is 6.43. The lowest BCUT2D eigenvalue weighted by molar-refractivity contribution is -0.148. The third kappa shape index (κ3) is 5.50. The van der Waals surface area contributed by atoms with Crippen molar-refractivity contribution in [2.75, 3.05) is 19.7 Å². The van der Waals surface area contributed by atoms with Crippen LogP contribution < -0.4 is 0 Å². The van der Waals surface area contributed by atoms with Gasteiger partial charge >= 0.3 is 5.97 Å². The second-order valence-corrected chi connectivity index (χ2v) is 9.07. The van der Waals surface area contributed by atoms with Crippen molar-refractivity contribution in [3.8, 4) is 0 Å². The van der Waals surface area contributed by atoms with Crippen LogP contribution in [0.4, 0.5) is 0 Å². The zero-order valence-electron chi connectivity index (χ0n) is 16.4. The van der Waals surface area contributed by atoms with Crippen molar-refractivity contribution in [3.63, 3.8) is 0 Å². The zero-order valence-corrected chi connectivity index (χ0v) is 17.2. The lowest BCUT2D eigenvalue weighted by Crippen LogP contribution is -2.32. The van der Waals surface area contributed by atoms with E-state index in [0.29, 0.717) is 19.5 Å². The van der Waals surface area contributed by atoms with E-state index in [4.69, 9.17) is 21.1 Å². The third-order valence-electron chi connectivity index (χ3n) is 4.60. The van der Waals surface area contributed by atoms with Gasteiger partial charge in [-0.3, -0.25) is 9.59 Å². The second kappa shape index (κ2) is 8.03. The van der Waals surface area contributed by atoms with Gasteiger partial charge in [0.05, 0.1) is 18.0 Å². The maximum absolute atomic E-state index is 12.2. The zero-order chi connectivity index (χ0) is 19.5. The highest BCUT2D eigenvalue weighted by Gasteiger charge is 2.34. The molecule has 2 atom stereocenters. The number of carbonyl (C=O) groups is 2. The first kappa shape index (κ1) is 20.8. The largest absolute Gasteiger partial charge is 0.489 e. The minimum atomic E-state index is -0.476. The third-order valence-corrected chi connectivity index (χ3v) is 4.86. The molecular formula is C20H30ClNO4. The number of carbonyl (C=O) groups excluding carboxylic acids is 2. The Bertz CT molecular complexity index is 616. The van der Waals surface area contributed by atoms with E-state index in [1.807, 2.05) is 6.92 Å². The topological polar surface area (TPSA) is 55.8 Å². The number of hydrogen-bond acceptors (Lipinski definition) is 4. The SMILES string of the molecule is CCOC(=O)CC(=O)N1CCC(OC2=CCC(C)(Cl)C=C2C(C)(C)C)C1. The predicted octanol–water partition coefficient (Wildman–Crippen LogP) is 3.81. The number of hydrogen-bond donors (Lipinski definition) is 0. The highest BCUT2D eigenvalue weighted by Crippen LogP contribution is 2.41. The van der Waals surface area contributed by atoms with Crippen molar-refractivity contribution in [2.45, 2.75) is 64.9 Å². The molecule has 0 aromatic carbocycles. The molecule has 146 valence electrons. The van der Waals surface area contributed by atoms with Crippen molar-refractivity contribution in [1.82, 2.24) is 4.90 Å². The number of likely N-dealkylation sites (tertiary alicyclic amines) is 1. The highest BCUT2D eigenvalue weighted by atomic mass is 35.5. The standard InChI is InChI=1S/C20H30ClNO4/c1-6-25-18(24)11-17(23)22-10-8-14(13-22)26-16-7-9-20(5,21)12-15(16)19(2,3)4/h7,12,14H,6,8-11,13H2,1-5H3. The van der Waals surface area contributed by atoms with Crippen LogP contribution in [0.15, 0.2) is 23.5 Å². The summed E-state index contributed by atoms with van der Waals surface area (Å²) in [5.41, 5.74) is 1.01. The molecule has 1 heterocycles. The Balaban J connectivity index is 1.97. The molecule has 1 fully saturated rings. The first-order chi connectivity index (χ1) is 12.0. The Hall–Kier alpha value is -1.49. The average Bonchev–Trinajstić information content (AvgIpc) is 2.97. The molecule has 1 aliphatic heterocycles. The summed E-state index contributed by atoms with van der Waals surface area (Å²) in [6, 6.07) is 0. The number of amides is 1. The van der Waals surface area contributed by atoms with Crippen LogP contribution in [0.25, 0.3) is 0 Å². The van der Waals surface area contributed by atoms with Crippen LogP contribution in [0.1, 0.15) is 53.9 Å². The predicted molar refractivity (Wildman–Crippen MR) is 102 cm³/mol. The Morgan fingerprint density at radius 3 is 2.69 bits per heavy atom. The van der Waals surface area contributed by atoms with Crippen LogP contribution in [0.2, 0.25) is 0 Å². The summed E-state index contributed by atoms with van der Waals surface area (Å²) in [6.07, 6.45) is 5.32. The second-order valence-electron chi connectivity index (χ2n) is 8.21. The summed E-state index contributed by atoms with van der Waals surface area (Å²) in [5.74, 6) is 0.184. The van der Waals surface area contributed by atoms with Crippen LogP contribution in [0.3, 0.4) is 0 Å². The smallest absolute Gasteiger partial charge is 0.315 e. The van der Waals surface area contributed by atoms with E-state index < -0.39 is 10.8 Å². The highest BCUT2D eigenvalue weighted by molar-refractivity contribution is 6.25. The minimum Gasteiger partial charge on any atom is -0.489 e. The molecule has 0 radical (unpaired) electrons. The molecule has 2 unspecified atom stereocenters. The monoisotopic (exact) mass is 383 g/mol. The quantitative estimate of drug-likeness (QED) is 0.411. The van der Waals surface area contributed by atoms with Crippen LogP contribution in [0.5, 0.6) is 0 Å². The van der Waals surface area contributed by atoms with E-state index in [1.165, 1.54) is 0 Å². The number of alkyl halides is 1. The molecular weight excluding hydrogens is 354 g/mol. The van der Waals surface area contributed by atoms with Gasteiger partial charge in [-0.1, -0.05) is 26.8 Å². The summed E-state index contributed by atoms with van der Waals surface area (Å²) < 4.78 is 11.1. The Morgan fingerprint density at radius 2 is 2.08 bits per heavy atom. The number of nitrogens with zero attached hydrogens (tertiary/aromatic N) is 1. The fraction of sp³-hybridized carbons (Fsp3) is 0.700. The summed E-state index contributed by atoms with van der Waals surface area (Å²) in [7, 11) is 0. The van der Waals surface area contributed by atoms with Gasteiger partial charge in [0, 0.05) is 13.0 Å². The molecule has 5 nitrogen and oxygen atoms in total. The number of esters is 1. The van der Waals surface area contributed by atoms with E-state index in [-0.39, 0.29) is 30.5 Å². The summed E-state index contributed by atoms with van der Waals surface area (Å²) in [5, 5.41) is 0. The fourth-order valence-electron chi connectivity index (χ4n) is 3.21. The maximum Gasteiger partial charge on any atom is 0.315 e. The van der Waals surface area contributed by atoms with Crippen LogP contribution >= 0.6 is 11.6 Å². The van der Waals surface area contributed by atoms with Gasteiger partial charge in [0.2, 0.25) is 5.91 Å². The van der Waals surface area contributed by atoms with Gasteiger partial charge in [-0.15, -0.1) is 11.6 Å². The molecule has 2 aliphatic rings. The number of allylic oxidation sites excluding steroid dienone is 3. The van der Waals surface area contributed by atoms with E-state index in [9.17, 15) is 9.59 Å². The van der Waals surface area contributed by atoms with Crippen LogP contribution in [0, 0.1) is 5.41 Å². The molecule has 2 rings (SSSR count). The van der Waals surface area contributed by atoms with Crippen molar-refractivity contribution in [1.29, 1.82) is 0 Å². The maximum atomic E-state index is 12.2. The summed E-state index contributed by atoms with van der Waals surface area (Å²) in [6.45, 7) is 11.5. The van der Waals surface area contributed by atoms with E-state index >= 15 is 0 Å². The molecule has 1 amide bonds. The molecule has 0 aromatic rings. The normalized spacial score (nSPS) is 26.2. The van der Waals surface area contributed by atoms with Gasteiger partial charge in [-0.25, -0.2) is 0 Å². The summed E-state index contributed by atoms with van der Waals surface area (Å²) >= 11 is 6.52. The molecule has 0 spiro atoms. The van der Waals surface area contributed by atoms with Gasteiger partial charge in [0.25, 0.3) is 0 Å². The molecule has 0 N–H and O–H groups in total. The van der Waals surface area contributed by atoms with E-state index in [2.05, 4.69) is 32.9 Å². The lowest BCUT2D eigenvalue weighted by atomic mass is 9.80. The van der Waals surface area contributed by atoms with Gasteiger partial charge in [0.15, 0.2) is 0 Å². The van der Waals surface area contributed by atoms with Crippen molar-refractivity contribution in [2.24, 2.45) is 5.41 Å². The molecule has 6 heteroatoms. The number of ether oxygens (including phenoxy) is 2. The van der Waals surface area contributed by atoms with E-state index in [1.54, 1.807) is 11.8 Å². The molecule has 0 saturated carbocycles. The molecule has 0 aromatic heterocycles. The van der Waals surface area contributed by atoms with Gasteiger partial charge in [0.1, 0.15) is 18.3 Å². The average molecular weight is 384 g/mol. The van der Waals surface area contributed by atoms with Crippen LogP contribution in [-0.2, 0) is 19.1 Å². The number of rotatable bonds is 5. The molecule has 1 aliphatic carbocycles. The van der Waals surface area contributed by atoms with Crippen molar-refractivity contribution < 1.29 is 19.1 Å². The number of halogens is 1. The van der Waals surface area contributed by atoms with Crippen molar-refractivity contribution >= 4 is 23.5 Å². The lowest BCUT2D eigenvalue weighted by Gasteiger charge is -2.33. The molecule has 1 saturated heterocycles. The summed E-state index contributed by atoms with van der Waals surface area (Å²) in [4.78, 5) is 25.0. The first-order valence-electron chi connectivity index (χ1n) is 9.24. The fourth-order valence-corrected chi connectivity index (χ4v) is 3.39. The molecule has 0 bridgehead atoms. The minimum absolute atomic E-state index is 0.0715.